The first-order valence-corrected chi connectivity index (χ1v) is 5.63. The third kappa shape index (κ3) is 1.76. The Hall–Kier alpha value is -2.27. The van der Waals surface area contributed by atoms with E-state index in [1.165, 1.54) is 10.4 Å². The Morgan fingerprint density at radius 3 is 2.71 bits per heavy atom. The molecule has 0 aliphatic heterocycles. The molecule has 2 aliphatic rings. The summed E-state index contributed by atoms with van der Waals surface area (Å²) in [6.45, 7) is 0.658. The van der Waals surface area contributed by atoms with Crippen molar-refractivity contribution >= 4 is 0 Å². The van der Waals surface area contributed by atoms with Crippen molar-refractivity contribution in [3.05, 3.63) is 64.0 Å². The van der Waals surface area contributed by atoms with Gasteiger partial charge >= 0.3 is 0 Å². The lowest BCUT2D eigenvalue weighted by Gasteiger charge is -2.12. The highest BCUT2D eigenvalue weighted by atomic mass is 16.5. The first-order chi connectivity index (χ1) is 8.36. The summed E-state index contributed by atoms with van der Waals surface area (Å²) in [7, 11) is 0. The van der Waals surface area contributed by atoms with Crippen molar-refractivity contribution < 1.29 is 4.74 Å². The van der Waals surface area contributed by atoms with Crippen molar-refractivity contribution in [1.82, 2.24) is 0 Å². The van der Waals surface area contributed by atoms with Crippen molar-refractivity contribution in [3.8, 4) is 11.8 Å². The van der Waals surface area contributed by atoms with E-state index in [9.17, 15) is 0 Å². The summed E-state index contributed by atoms with van der Waals surface area (Å²) in [5.41, 5.74) is 1.85. The van der Waals surface area contributed by atoms with Crippen LogP contribution in [0.4, 0.5) is 0 Å². The lowest BCUT2D eigenvalue weighted by atomic mass is 10.1. The molecule has 2 heteroatoms. The summed E-state index contributed by atoms with van der Waals surface area (Å²) in [5.74, 6) is 0.999. The summed E-state index contributed by atoms with van der Waals surface area (Å²) < 4.78 is 5.66. The van der Waals surface area contributed by atoms with Gasteiger partial charge in [0, 0.05) is 11.6 Å². The maximum atomic E-state index is 8.79. The number of hydrogen-bond donors (Lipinski definition) is 0. The highest BCUT2D eigenvalue weighted by molar-refractivity contribution is 5.39. The average molecular weight is 221 g/mol. The number of nitrogens with zero attached hydrogens (tertiary/aromatic N) is 1. The molecule has 3 rings (SSSR count). The summed E-state index contributed by atoms with van der Waals surface area (Å²) in [4.78, 5) is 0. The van der Waals surface area contributed by atoms with E-state index in [-0.39, 0.29) is 0 Å². The van der Waals surface area contributed by atoms with Crippen molar-refractivity contribution in [2.24, 2.45) is 0 Å². The fourth-order valence-corrected chi connectivity index (χ4v) is 1.95. The number of ether oxygens (including phenoxy) is 1. The van der Waals surface area contributed by atoms with E-state index in [0.29, 0.717) is 12.2 Å². The van der Waals surface area contributed by atoms with E-state index >= 15 is 0 Å². The first-order valence-electron chi connectivity index (χ1n) is 5.63. The van der Waals surface area contributed by atoms with Gasteiger partial charge in [-0.25, -0.2) is 0 Å². The van der Waals surface area contributed by atoms with Crippen LogP contribution < -0.4 is 4.74 Å². The van der Waals surface area contributed by atoms with E-state index in [2.05, 4.69) is 24.3 Å². The van der Waals surface area contributed by atoms with Gasteiger partial charge in [0.2, 0.25) is 0 Å². The fourth-order valence-electron chi connectivity index (χ4n) is 1.95. The van der Waals surface area contributed by atoms with Crippen LogP contribution in [0.3, 0.4) is 0 Å². The standard InChI is InChI=1S/C15H11NO/c16-10-12-3-1-2-11(8-12)6-7-17-15-9-13-4-5-14(13)15/h1-5,8-9H,6-7H2. The molecule has 0 fully saturated rings. The Balaban J connectivity index is 1.58. The molecule has 82 valence electrons. The third-order valence-electron chi connectivity index (χ3n) is 3.00. The molecule has 0 unspecified atom stereocenters. The molecular weight excluding hydrogens is 210 g/mol. The molecule has 0 aromatic heterocycles. The van der Waals surface area contributed by atoms with Gasteiger partial charge in [0.1, 0.15) is 5.75 Å². The van der Waals surface area contributed by atoms with Crippen LogP contribution in [0.2, 0.25) is 0 Å². The van der Waals surface area contributed by atoms with Crippen LogP contribution in [0.15, 0.2) is 42.5 Å². The third-order valence-corrected chi connectivity index (χ3v) is 3.00. The van der Waals surface area contributed by atoms with Gasteiger partial charge in [0.15, 0.2) is 0 Å². The van der Waals surface area contributed by atoms with Gasteiger partial charge in [-0.2, -0.15) is 5.26 Å². The maximum absolute atomic E-state index is 8.79. The molecule has 1 aromatic rings. The second kappa shape index (κ2) is 3.95. The second-order valence-electron chi connectivity index (χ2n) is 4.12. The number of nitriles is 1. The summed E-state index contributed by atoms with van der Waals surface area (Å²) in [6.07, 6.45) is 0.833. The zero-order valence-corrected chi connectivity index (χ0v) is 9.31. The van der Waals surface area contributed by atoms with E-state index < -0.39 is 0 Å². The van der Waals surface area contributed by atoms with E-state index in [1.807, 2.05) is 24.3 Å². The predicted molar refractivity (Wildman–Crippen MR) is 64.5 cm³/mol. The van der Waals surface area contributed by atoms with E-state index in [0.717, 1.165) is 17.7 Å². The van der Waals surface area contributed by atoms with Gasteiger partial charge in [0.05, 0.1) is 18.2 Å². The fraction of sp³-hybridized carbons (Fsp3) is 0.133. The Bertz CT molecular complexity index is 698. The molecule has 2 aliphatic carbocycles. The van der Waals surface area contributed by atoms with Crippen molar-refractivity contribution in [2.45, 2.75) is 6.42 Å². The van der Waals surface area contributed by atoms with Crippen molar-refractivity contribution in [2.75, 3.05) is 6.61 Å². The summed E-state index contributed by atoms with van der Waals surface area (Å²) in [5, 5.41) is 11.3. The highest BCUT2D eigenvalue weighted by Crippen LogP contribution is 2.23. The molecule has 0 radical (unpaired) electrons. The molecule has 17 heavy (non-hydrogen) atoms. The topological polar surface area (TPSA) is 33.0 Å². The van der Waals surface area contributed by atoms with Gasteiger partial charge in [0.25, 0.3) is 0 Å². The van der Waals surface area contributed by atoms with Gasteiger partial charge in [-0.1, -0.05) is 24.3 Å². The Morgan fingerprint density at radius 2 is 2.06 bits per heavy atom. The zero-order chi connectivity index (χ0) is 11.7. The molecule has 2 nitrogen and oxygen atoms in total. The SMILES string of the molecule is N#Cc1cccc(CCOc2cc3ccc2=3)c1. The average Bonchev–Trinajstić information content (AvgIpc) is 2.35. The van der Waals surface area contributed by atoms with Crippen LogP contribution in [-0.4, -0.2) is 6.61 Å². The summed E-state index contributed by atoms with van der Waals surface area (Å²) >= 11 is 0. The normalized spacial score (nSPS) is 10.8. The maximum Gasteiger partial charge on any atom is 0.127 e. The lowest BCUT2D eigenvalue weighted by molar-refractivity contribution is 0.316. The lowest BCUT2D eigenvalue weighted by Crippen LogP contribution is -2.04. The number of benzene rings is 2. The monoisotopic (exact) mass is 221 g/mol. The van der Waals surface area contributed by atoms with Gasteiger partial charge < -0.3 is 4.74 Å². The van der Waals surface area contributed by atoms with Crippen LogP contribution in [0.5, 0.6) is 5.75 Å². The molecule has 0 N–H and O–H groups in total. The Labute approximate surface area is 99.4 Å². The highest BCUT2D eigenvalue weighted by Gasteiger charge is 2.06. The van der Waals surface area contributed by atoms with Gasteiger partial charge in [-0.15, -0.1) is 0 Å². The van der Waals surface area contributed by atoms with Crippen LogP contribution in [0, 0.1) is 21.8 Å². The van der Waals surface area contributed by atoms with Crippen LogP contribution in [-0.2, 0) is 6.42 Å². The first kappa shape index (κ1) is 9.92. The molecule has 0 atom stereocenters. The van der Waals surface area contributed by atoms with Gasteiger partial charge in [-0.3, -0.25) is 0 Å². The molecule has 0 bridgehead atoms. The molecule has 0 heterocycles. The van der Waals surface area contributed by atoms with Gasteiger partial charge in [-0.05, 0) is 29.0 Å². The van der Waals surface area contributed by atoms with E-state index in [4.69, 9.17) is 10.00 Å². The quantitative estimate of drug-likeness (QED) is 0.678. The molecule has 0 spiro atoms. The second-order valence-corrected chi connectivity index (χ2v) is 4.12. The summed E-state index contributed by atoms with van der Waals surface area (Å²) in [6, 6.07) is 16.0. The van der Waals surface area contributed by atoms with Crippen LogP contribution in [0.25, 0.3) is 0 Å². The Kier molecular flexibility index (Phi) is 2.31. The van der Waals surface area contributed by atoms with E-state index in [1.54, 1.807) is 0 Å². The number of rotatable bonds is 4. The minimum atomic E-state index is 0.658. The molecule has 0 saturated carbocycles. The predicted octanol–water partition coefficient (Wildman–Crippen LogP) is 2.78. The largest absolute Gasteiger partial charge is 0.493 e. The smallest absolute Gasteiger partial charge is 0.127 e. The van der Waals surface area contributed by atoms with Crippen molar-refractivity contribution in [3.63, 3.8) is 0 Å². The van der Waals surface area contributed by atoms with Crippen LogP contribution >= 0.6 is 0 Å². The molecule has 0 saturated heterocycles. The molecule has 0 amide bonds. The van der Waals surface area contributed by atoms with Crippen molar-refractivity contribution in [1.29, 1.82) is 5.26 Å². The molecule has 1 aromatic carbocycles. The molecular formula is C15H11NO. The minimum Gasteiger partial charge on any atom is -0.493 e. The number of hydrogen-bond acceptors (Lipinski definition) is 2. The van der Waals surface area contributed by atoms with Crippen LogP contribution in [0.1, 0.15) is 11.1 Å². The minimum absolute atomic E-state index is 0.658. The zero-order valence-electron chi connectivity index (χ0n) is 9.31. The Morgan fingerprint density at radius 1 is 1.12 bits per heavy atom.